The predicted molar refractivity (Wildman–Crippen MR) is 131 cm³/mol. The molecule has 1 unspecified atom stereocenters. The Morgan fingerprint density at radius 2 is 1.74 bits per heavy atom. The number of amides is 2. The molecule has 0 radical (unpaired) electrons. The highest BCUT2D eigenvalue weighted by Gasteiger charge is 2.29. The highest BCUT2D eigenvalue weighted by atomic mass is 32.2. The van der Waals surface area contributed by atoms with Crippen molar-refractivity contribution in [1.29, 1.82) is 0 Å². The number of hydrogen-bond donors (Lipinski definition) is 3. The molecule has 3 N–H and O–H groups in total. The summed E-state index contributed by atoms with van der Waals surface area (Å²) in [5.41, 5.74) is 2.13. The molecule has 3 aromatic rings. The Hall–Kier alpha value is -3.89. The van der Waals surface area contributed by atoms with Crippen molar-refractivity contribution < 1.29 is 27.5 Å². The van der Waals surface area contributed by atoms with Crippen LogP contribution in [-0.2, 0) is 26.0 Å². The van der Waals surface area contributed by atoms with E-state index < -0.39 is 22.0 Å². The number of hydrogen-bond acceptors (Lipinski definition) is 6. The molecule has 3 aromatic carbocycles. The zero-order valence-corrected chi connectivity index (χ0v) is 20.0. The Bertz CT molecular complexity index is 1360. The van der Waals surface area contributed by atoms with E-state index in [-0.39, 0.29) is 17.2 Å². The fraction of sp³-hybridized carbons (Fsp3) is 0.200. The van der Waals surface area contributed by atoms with Gasteiger partial charge in [0.1, 0.15) is 17.5 Å². The fourth-order valence-corrected chi connectivity index (χ4v) is 5.01. The average Bonchev–Trinajstić information content (AvgIpc) is 2.87. The Labute approximate surface area is 203 Å². The van der Waals surface area contributed by atoms with Crippen molar-refractivity contribution in [2.24, 2.45) is 0 Å². The lowest BCUT2D eigenvalue weighted by Gasteiger charge is -2.21. The van der Waals surface area contributed by atoms with Crippen LogP contribution in [-0.4, -0.2) is 34.5 Å². The van der Waals surface area contributed by atoms with Crippen LogP contribution in [0.25, 0.3) is 0 Å². The molecule has 0 saturated heterocycles. The molecule has 1 aliphatic heterocycles. The van der Waals surface area contributed by atoms with Gasteiger partial charge in [0, 0.05) is 18.2 Å². The highest BCUT2D eigenvalue weighted by molar-refractivity contribution is 7.89. The number of nitrogens with one attached hydrogen (secondary N) is 3. The minimum absolute atomic E-state index is 0.00292. The van der Waals surface area contributed by atoms with Crippen LogP contribution in [0.2, 0.25) is 0 Å². The molecule has 0 spiro atoms. The van der Waals surface area contributed by atoms with E-state index in [1.807, 2.05) is 0 Å². The van der Waals surface area contributed by atoms with Crippen LogP contribution in [0, 0.1) is 0 Å². The lowest BCUT2D eigenvalue weighted by atomic mass is 10.0. The molecule has 10 heteroatoms. The van der Waals surface area contributed by atoms with Gasteiger partial charge in [-0.15, -0.1) is 0 Å². The summed E-state index contributed by atoms with van der Waals surface area (Å²) in [5.74, 6) is 0.210. The molecule has 1 heterocycles. The SMILES string of the molecule is COc1ccc(NC(=O)C(NS(=O)(=O)c2ccc3c(c2)CCC(=O)N3)c2ccccc2)c(OC)c1. The van der Waals surface area contributed by atoms with Gasteiger partial charge in [0.15, 0.2) is 0 Å². The molecule has 0 fully saturated rings. The van der Waals surface area contributed by atoms with Crippen molar-refractivity contribution in [1.82, 2.24) is 4.72 Å². The number of methoxy groups -OCH3 is 2. The molecule has 4 rings (SSSR count). The zero-order chi connectivity index (χ0) is 25.0. The first kappa shape index (κ1) is 24.2. The van der Waals surface area contributed by atoms with Gasteiger partial charge in [-0.05, 0) is 47.9 Å². The van der Waals surface area contributed by atoms with Gasteiger partial charge in [-0.25, -0.2) is 8.42 Å². The summed E-state index contributed by atoms with van der Waals surface area (Å²) < 4.78 is 39.7. The van der Waals surface area contributed by atoms with Crippen molar-refractivity contribution in [3.05, 3.63) is 77.9 Å². The number of fused-ring (bicyclic) bond motifs is 1. The first-order valence-corrected chi connectivity index (χ1v) is 12.3. The molecule has 0 aromatic heterocycles. The van der Waals surface area contributed by atoms with Gasteiger partial charge in [0.2, 0.25) is 21.8 Å². The molecular weight excluding hydrogens is 470 g/mol. The number of carbonyl (C=O) groups is 2. The second-order valence-electron chi connectivity index (χ2n) is 7.89. The summed E-state index contributed by atoms with van der Waals surface area (Å²) in [6.07, 6.45) is 0.715. The molecule has 2 amide bonds. The lowest BCUT2D eigenvalue weighted by Crippen LogP contribution is -2.37. The summed E-state index contributed by atoms with van der Waals surface area (Å²) in [4.78, 5) is 25.0. The van der Waals surface area contributed by atoms with Crippen LogP contribution < -0.4 is 24.8 Å². The van der Waals surface area contributed by atoms with E-state index in [0.29, 0.717) is 34.9 Å². The second kappa shape index (κ2) is 10.2. The van der Waals surface area contributed by atoms with Crippen LogP contribution >= 0.6 is 0 Å². The third-order valence-electron chi connectivity index (χ3n) is 5.62. The van der Waals surface area contributed by atoms with Crippen LogP contribution in [0.1, 0.15) is 23.6 Å². The lowest BCUT2D eigenvalue weighted by molar-refractivity contribution is -0.118. The molecule has 0 bridgehead atoms. The van der Waals surface area contributed by atoms with Crippen molar-refractivity contribution in [3.8, 4) is 11.5 Å². The topological polar surface area (TPSA) is 123 Å². The standard InChI is InChI=1S/C25H25N3O6S/c1-33-18-9-11-21(22(15-18)34-2)27-25(30)24(16-6-4-3-5-7-16)28-35(31,32)19-10-12-20-17(14-19)8-13-23(29)26-20/h3-7,9-12,14-15,24,28H,8,13H2,1-2H3,(H,26,29)(H,27,30). The van der Waals surface area contributed by atoms with Gasteiger partial charge in [-0.2, -0.15) is 4.72 Å². The maximum Gasteiger partial charge on any atom is 0.247 e. The summed E-state index contributed by atoms with van der Waals surface area (Å²) in [6, 6.07) is 16.7. The van der Waals surface area contributed by atoms with Gasteiger partial charge in [0.05, 0.1) is 24.8 Å². The molecule has 1 atom stereocenters. The molecule has 182 valence electrons. The van der Waals surface area contributed by atoms with E-state index in [4.69, 9.17) is 9.47 Å². The summed E-state index contributed by atoms with van der Waals surface area (Å²) >= 11 is 0. The maximum absolute atomic E-state index is 13.3. The number of benzene rings is 3. The number of ether oxygens (including phenoxy) is 2. The fourth-order valence-electron chi connectivity index (χ4n) is 3.78. The predicted octanol–water partition coefficient (Wildman–Crippen LogP) is 3.25. The van der Waals surface area contributed by atoms with Crippen LogP contribution in [0.3, 0.4) is 0 Å². The number of anilines is 2. The third kappa shape index (κ3) is 5.44. The van der Waals surface area contributed by atoms with Gasteiger partial charge >= 0.3 is 0 Å². The van der Waals surface area contributed by atoms with Gasteiger partial charge < -0.3 is 20.1 Å². The van der Waals surface area contributed by atoms with Crippen LogP contribution in [0.4, 0.5) is 11.4 Å². The van der Waals surface area contributed by atoms with Crippen LogP contribution in [0.5, 0.6) is 11.5 Å². The zero-order valence-electron chi connectivity index (χ0n) is 19.2. The first-order valence-electron chi connectivity index (χ1n) is 10.8. The minimum Gasteiger partial charge on any atom is -0.497 e. The monoisotopic (exact) mass is 495 g/mol. The van der Waals surface area contributed by atoms with E-state index in [1.54, 1.807) is 54.6 Å². The van der Waals surface area contributed by atoms with Crippen molar-refractivity contribution in [2.45, 2.75) is 23.8 Å². The van der Waals surface area contributed by atoms with Gasteiger partial charge in [-0.3, -0.25) is 9.59 Å². The molecule has 9 nitrogen and oxygen atoms in total. The second-order valence-corrected chi connectivity index (χ2v) is 9.60. The Kier molecular flexibility index (Phi) is 7.04. The largest absolute Gasteiger partial charge is 0.497 e. The summed E-state index contributed by atoms with van der Waals surface area (Å²) in [5, 5.41) is 5.48. The quantitative estimate of drug-likeness (QED) is 0.441. The Balaban J connectivity index is 1.64. The minimum atomic E-state index is -4.09. The number of sulfonamides is 1. The van der Waals surface area contributed by atoms with E-state index in [2.05, 4.69) is 15.4 Å². The smallest absolute Gasteiger partial charge is 0.247 e. The van der Waals surface area contributed by atoms with Crippen molar-refractivity contribution in [2.75, 3.05) is 24.9 Å². The molecule has 1 aliphatic rings. The molecule has 35 heavy (non-hydrogen) atoms. The van der Waals surface area contributed by atoms with Crippen LogP contribution in [0.15, 0.2) is 71.6 Å². The first-order chi connectivity index (χ1) is 16.8. The number of aryl methyl sites for hydroxylation is 1. The average molecular weight is 496 g/mol. The Morgan fingerprint density at radius 1 is 0.971 bits per heavy atom. The van der Waals surface area contributed by atoms with Crippen molar-refractivity contribution >= 4 is 33.2 Å². The van der Waals surface area contributed by atoms with E-state index in [0.717, 1.165) is 5.56 Å². The highest BCUT2D eigenvalue weighted by Crippen LogP contribution is 2.31. The summed E-state index contributed by atoms with van der Waals surface area (Å²) in [7, 11) is -1.12. The van der Waals surface area contributed by atoms with E-state index in [1.165, 1.54) is 26.4 Å². The van der Waals surface area contributed by atoms with Gasteiger partial charge in [0.25, 0.3) is 0 Å². The Morgan fingerprint density at radius 3 is 2.46 bits per heavy atom. The molecular formula is C25H25N3O6S. The third-order valence-corrected chi connectivity index (χ3v) is 7.04. The maximum atomic E-state index is 13.3. The molecule has 0 aliphatic carbocycles. The molecule has 0 saturated carbocycles. The number of rotatable bonds is 8. The summed E-state index contributed by atoms with van der Waals surface area (Å²) in [6.45, 7) is 0. The van der Waals surface area contributed by atoms with Crippen molar-refractivity contribution in [3.63, 3.8) is 0 Å². The van der Waals surface area contributed by atoms with Gasteiger partial charge in [-0.1, -0.05) is 30.3 Å². The van der Waals surface area contributed by atoms with E-state index >= 15 is 0 Å². The number of carbonyl (C=O) groups excluding carboxylic acids is 2. The van der Waals surface area contributed by atoms with E-state index in [9.17, 15) is 18.0 Å². The normalized spacial score (nSPS) is 13.8.